The summed E-state index contributed by atoms with van der Waals surface area (Å²) in [5, 5.41) is 0. The number of nitrogens with zero attached hydrogens (tertiary/aromatic N) is 2. The number of nitrogens with two attached hydrogens (primary N) is 1. The maximum Gasteiger partial charge on any atom is 0.240 e. The summed E-state index contributed by atoms with van der Waals surface area (Å²) in [4.78, 5) is 16.1. The van der Waals surface area contributed by atoms with Crippen LogP contribution in [0.4, 0.5) is 0 Å². The molecule has 0 aliphatic carbocycles. The van der Waals surface area contributed by atoms with Crippen molar-refractivity contribution in [2.45, 2.75) is 39.7 Å². The van der Waals surface area contributed by atoms with Gasteiger partial charge in [-0.2, -0.15) is 0 Å². The van der Waals surface area contributed by atoms with Gasteiger partial charge in [0.2, 0.25) is 5.91 Å². The predicted molar refractivity (Wildman–Crippen MR) is 76.1 cm³/mol. The fourth-order valence-electron chi connectivity index (χ4n) is 1.90. The molecule has 0 aliphatic heterocycles. The van der Waals surface area contributed by atoms with Crippen LogP contribution in [0.5, 0.6) is 0 Å². The van der Waals surface area contributed by atoms with Crippen LogP contribution >= 0.6 is 0 Å². The van der Waals surface area contributed by atoms with Crippen molar-refractivity contribution < 1.29 is 4.79 Å². The molecule has 0 saturated heterocycles. The summed E-state index contributed by atoms with van der Waals surface area (Å²) in [7, 11) is 0. The molecule has 1 amide bonds. The van der Waals surface area contributed by atoms with Crippen molar-refractivity contribution in [3.05, 3.63) is 0 Å². The van der Waals surface area contributed by atoms with Crippen LogP contribution in [-0.4, -0.2) is 54.5 Å². The van der Waals surface area contributed by atoms with Crippen molar-refractivity contribution in [3.8, 4) is 12.3 Å². The Kier molecular flexibility index (Phi) is 9.35. The fourth-order valence-corrected chi connectivity index (χ4v) is 1.90. The van der Waals surface area contributed by atoms with Gasteiger partial charge in [0.05, 0.1) is 6.04 Å². The smallest absolute Gasteiger partial charge is 0.240 e. The molecule has 0 aromatic heterocycles. The highest BCUT2D eigenvalue weighted by molar-refractivity contribution is 5.81. The lowest BCUT2D eigenvalue weighted by Crippen LogP contribution is -2.44. The van der Waals surface area contributed by atoms with E-state index in [9.17, 15) is 4.79 Å². The summed E-state index contributed by atoms with van der Waals surface area (Å²) in [6, 6.07) is -0.552. The van der Waals surface area contributed by atoms with Crippen LogP contribution in [-0.2, 0) is 4.79 Å². The Balaban J connectivity index is 4.11. The minimum absolute atomic E-state index is 0.0324. The quantitative estimate of drug-likeness (QED) is 0.622. The van der Waals surface area contributed by atoms with Crippen molar-refractivity contribution in [2.75, 3.05) is 32.7 Å². The summed E-state index contributed by atoms with van der Waals surface area (Å²) in [6.07, 6.45) is 6.46. The van der Waals surface area contributed by atoms with E-state index in [1.165, 1.54) is 0 Å². The molecular formula is C14H27N3O. The number of rotatable bonds is 9. The van der Waals surface area contributed by atoms with E-state index in [4.69, 9.17) is 12.2 Å². The lowest BCUT2D eigenvalue weighted by molar-refractivity contribution is -0.132. The van der Waals surface area contributed by atoms with Crippen LogP contribution in [0.2, 0.25) is 0 Å². The zero-order chi connectivity index (χ0) is 14.0. The first-order valence-corrected chi connectivity index (χ1v) is 6.80. The second kappa shape index (κ2) is 9.93. The average molecular weight is 253 g/mol. The predicted octanol–water partition coefficient (Wildman–Crippen LogP) is 0.917. The Morgan fingerprint density at radius 3 is 2.28 bits per heavy atom. The van der Waals surface area contributed by atoms with Gasteiger partial charge < -0.3 is 15.5 Å². The van der Waals surface area contributed by atoms with Crippen LogP contribution in [0.25, 0.3) is 0 Å². The molecule has 0 aromatic carbocycles. The molecule has 0 aromatic rings. The largest absolute Gasteiger partial charge is 0.342 e. The molecule has 0 rings (SSSR count). The van der Waals surface area contributed by atoms with Gasteiger partial charge in [-0.05, 0) is 33.0 Å². The number of terminal acetylenes is 1. The highest BCUT2D eigenvalue weighted by Crippen LogP contribution is 2.00. The Morgan fingerprint density at radius 2 is 1.83 bits per heavy atom. The van der Waals surface area contributed by atoms with Crippen molar-refractivity contribution in [1.29, 1.82) is 0 Å². The third-order valence-electron chi connectivity index (χ3n) is 3.15. The SMILES string of the molecule is C#CCC(N)C(=O)N(CC)CCCN(CC)CC. The van der Waals surface area contributed by atoms with Gasteiger partial charge in [-0.25, -0.2) is 0 Å². The summed E-state index contributed by atoms with van der Waals surface area (Å²) < 4.78 is 0. The van der Waals surface area contributed by atoms with E-state index in [-0.39, 0.29) is 5.91 Å². The molecule has 0 fully saturated rings. The lowest BCUT2D eigenvalue weighted by Gasteiger charge is -2.25. The molecule has 104 valence electrons. The molecule has 1 atom stereocenters. The van der Waals surface area contributed by atoms with Gasteiger partial charge >= 0.3 is 0 Å². The second-order valence-electron chi connectivity index (χ2n) is 4.31. The standard InChI is InChI=1S/C14H27N3O/c1-5-10-13(15)14(18)17(8-4)12-9-11-16(6-2)7-3/h1,13H,6-12,15H2,2-4H3. The van der Waals surface area contributed by atoms with Crippen molar-refractivity contribution in [2.24, 2.45) is 5.73 Å². The molecule has 0 heterocycles. The molecule has 0 bridgehead atoms. The molecule has 0 saturated carbocycles. The van der Waals surface area contributed by atoms with Crippen LogP contribution in [0.3, 0.4) is 0 Å². The summed E-state index contributed by atoms with van der Waals surface area (Å²) in [5.74, 6) is 2.41. The van der Waals surface area contributed by atoms with E-state index >= 15 is 0 Å². The number of carbonyl (C=O) groups is 1. The van der Waals surface area contributed by atoms with Crippen molar-refractivity contribution in [1.82, 2.24) is 9.80 Å². The monoisotopic (exact) mass is 253 g/mol. The maximum absolute atomic E-state index is 12.0. The van der Waals surface area contributed by atoms with Gasteiger partial charge in [0.25, 0.3) is 0 Å². The number of hydrogen-bond donors (Lipinski definition) is 1. The molecule has 4 nitrogen and oxygen atoms in total. The van der Waals surface area contributed by atoms with E-state index in [2.05, 4.69) is 24.7 Å². The van der Waals surface area contributed by atoms with E-state index in [0.717, 1.165) is 32.6 Å². The van der Waals surface area contributed by atoms with E-state index in [0.29, 0.717) is 13.0 Å². The number of carbonyl (C=O) groups excluding carboxylic acids is 1. The van der Waals surface area contributed by atoms with Gasteiger partial charge in [0.15, 0.2) is 0 Å². The van der Waals surface area contributed by atoms with E-state index in [1.807, 2.05) is 6.92 Å². The van der Waals surface area contributed by atoms with Crippen molar-refractivity contribution in [3.63, 3.8) is 0 Å². The topological polar surface area (TPSA) is 49.6 Å². The molecular weight excluding hydrogens is 226 g/mol. The highest BCUT2D eigenvalue weighted by atomic mass is 16.2. The molecule has 1 unspecified atom stereocenters. The van der Waals surface area contributed by atoms with E-state index in [1.54, 1.807) is 4.90 Å². The minimum atomic E-state index is -0.552. The lowest BCUT2D eigenvalue weighted by atomic mass is 10.2. The third-order valence-corrected chi connectivity index (χ3v) is 3.15. The maximum atomic E-state index is 12.0. The molecule has 0 spiro atoms. The second-order valence-corrected chi connectivity index (χ2v) is 4.31. The van der Waals surface area contributed by atoms with Crippen LogP contribution < -0.4 is 5.73 Å². The summed E-state index contributed by atoms with van der Waals surface area (Å²) >= 11 is 0. The first kappa shape index (κ1) is 16.9. The zero-order valence-corrected chi connectivity index (χ0v) is 12.0. The van der Waals surface area contributed by atoms with Gasteiger partial charge in [-0.15, -0.1) is 12.3 Å². The molecule has 0 aliphatic rings. The van der Waals surface area contributed by atoms with Crippen LogP contribution in [0.15, 0.2) is 0 Å². The van der Waals surface area contributed by atoms with Crippen LogP contribution in [0, 0.1) is 12.3 Å². The molecule has 2 N–H and O–H groups in total. The average Bonchev–Trinajstić information content (AvgIpc) is 2.39. The molecule has 0 radical (unpaired) electrons. The molecule has 18 heavy (non-hydrogen) atoms. The van der Waals surface area contributed by atoms with Gasteiger partial charge in [-0.3, -0.25) is 4.79 Å². The minimum Gasteiger partial charge on any atom is -0.342 e. The van der Waals surface area contributed by atoms with Gasteiger partial charge in [0, 0.05) is 19.5 Å². The highest BCUT2D eigenvalue weighted by Gasteiger charge is 2.18. The Bertz CT molecular complexity index is 269. The summed E-state index contributed by atoms with van der Waals surface area (Å²) in [5.41, 5.74) is 5.74. The first-order valence-electron chi connectivity index (χ1n) is 6.80. The number of amides is 1. The normalized spacial score (nSPS) is 12.2. The van der Waals surface area contributed by atoms with Gasteiger partial charge in [0.1, 0.15) is 0 Å². The summed E-state index contributed by atoms with van der Waals surface area (Å²) in [6.45, 7) is 10.8. The number of hydrogen-bond acceptors (Lipinski definition) is 3. The first-order chi connectivity index (χ1) is 8.60. The fraction of sp³-hybridized carbons (Fsp3) is 0.786. The van der Waals surface area contributed by atoms with E-state index < -0.39 is 6.04 Å². The Hall–Kier alpha value is -1.05. The van der Waals surface area contributed by atoms with Crippen molar-refractivity contribution >= 4 is 5.91 Å². The van der Waals surface area contributed by atoms with Gasteiger partial charge in [-0.1, -0.05) is 13.8 Å². The van der Waals surface area contributed by atoms with Crippen LogP contribution in [0.1, 0.15) is 33.6 Å². The number of likely N-dealkylation sites (N-methyl/N-ethyl adjacent to an activating group) is 1. The Labute approximate surface area is 112 Å². The Morgan fingerprint density at radius 1 is 1.22 bits per heavy atom. The third kappa shape index (κ3) is 6.04. The zero-order valence-electron chi connectivity index (χ0n) is 12.0. The molecule has 4 heteroatoms.